The molecule has 0 N–H and O–H groups in total. The fourth-order valence-electron chi connectivity index (χ4n) is 4.58. The Balaban J connectivity index is 1.66. The summed E-state index contributed by atoms with van der Waals surface area (Å²) in [5.74, 6) is 0.0241. The van der Waals surface area contributed by atoms with Gasteiger partial charge in [0.05, 0.1) is 22.6 Å². The monoisotopic (exact) mass is 428 g/mol. The van der Waals surface area contributed by atoms with Gasteiger partial charge in [-0.3, -0.25) is 14.5 Å². The average Bonchev–Trinajstić information content (AvgIpc) is 3.02. The van der Waals surface area contributed by atoms with Crippen LogP contribution in [0.3, 0.4) is 0 Å². The van der Waals surface area contributed by atoms with Crippen molar-refractivity contribution in [3.05, 3.63) is 69.5 Å². The maximum absolute atomic E-state index is 13.5. The van der Waals surface area contributed by atoms with E-state index in [1.54, 1.807) is 24.3 Å². The van der Waals surface area contributed by atoms with Crippen LogP contribution in [0.2, 0.25) is 10.0 Å². The highest BCUT2D eigenvalue weighted by molar-refractivity contribution is 6.31. The normalized spacial score (nSPS) is 26.3. The van der Waals surface area contributed by atoms with E-state index in [4.69, 9.17) is 27.9 Å². The minimum atomic E-state index is -0.625. The number of Topliss-reactive ketones (excluding diaryl/α,β-unsaturated/α-hetero) is 1. The molecule has 1 aromatic heterocycles. The third kappa shape index (κ3) is 3.04. The first kappa shape index (κ1) is 18.6. The van der Waals surface area contributed by atoms with Gasteiger partial charge in [0.15, 0.2) is 11.5 Å². The lowest BCUT2D eigenvalue weighted by atomic mass is 9.77. The number of benzene rings is 1. The van der Waals surface area contributed by atoms with E-state index in [1.807, 2.05) is 12.1 Å². The molecule has 0 radical (unpaired) electrons. The second-order valence-corrected chi connectivity index (χ2v) is 8.49. The van der Waals surface area contributed by atoms with Crippen LogP contribution in [-0.2, 0) is 14.3 Å². The topological polar surface area (TPSA) is 59.5 Å². The molecule has 2 aliphatic heterocycles. The molecule has 1 saturated carbocycles. The summed E-state index contributed by atoms with van der Waals surface area (Å²) in [5.41, 5.74) is 1.16. The number of pyridine rings is 1. The average molecular weight is 429 g/mol. The van der Waals surface area contributed by atoms with Crippen LogP contribution in [0.5, 0.6) is 0 Å². The smallest absolute Gasteiger partial charge is 0.295 e. The lowest BCUT2D eigenvalue weighted by Gasteiger charge is -2.35. The zero-order valence-corrected chi connectivity index (χ0v) is 17.0. The molecular formula is C22H18Cl2N2O3. The number of fused-ring (bicyclic) bond motifs is 1. The van der Waals surface area contributed by atoms with Gasteiger partial charge in [-0.25, -0.2) is 4.98 Å². The van der Waals surface area contributed by atoms with Crippen molar-refractivity contribution in [1.29, 1.82) is 0 Å². The Morgan fingerprint density at radius 1 is 1.03 bits per heavy atom. The van der Waals surface area contributed by atoms with Crippen LogP contribution in [-0.4, -0.2) is 22.8 Å². The van der Waals surface area contributed by atoms with Crippen LogP contribution in [0.25, 0.3) is 0 Å². The van der Waals surface area contributed by atoms with Gasteiger partial charge in [0.25, 0.3) is 5.91 Å². The number of anilines is 1. The van der Waals surface area contributed by atoms with E-state index in [0.29, 0.717) is 21.4 Å². The van der Waals surface area contributed by atoms with Gasteiger partial charge < -0.3 is 4.74 Å². The van der Waals surface area contributed by atoms with E-state index in [9.17, 15) is 9.59 Å². The molecule has 148 valence electrons. The van der Waals surface area contributed by atoms with E-state index < -0.39 is 6.04 Å². The first-order valence-electron chi connectivity index (χ1n) is 9.70. The molecule has 2 aromatic rings. The molecule has 1 aromatic carbocycles. The zero-order chi connectivity index (χ0) is 20.1. The lowest BCUT2D eigenvalue weighted by molar-refractivity contribution is -0.131. The maximum atomic E-state index is 13.5. The van der Waals surface area contributed by atoms with Crippen LogP contribution in [0.4, 0.5) is 5.82 Å². The van der Waals surface area contributed by atoms with Crippen molar-refractivity contribution >= 4 is 40.7 Å². The molecule has 3 heterocycles. The number of carbonyl (C=O) groups is 2. The van der Waals surface area contributed by atoms with Gasteiger partial charge in [0.2, 0.25) is 0 Å². The zero-order valence-electron chi connectivity index (χ0n) is 15.5. The highest BCUT2D eigenvalue weighted by Gasteiger charge is 2.52. The van der Waals surface area contributed by atoms with Crippen LogP contribution >= 0.6 is 23.2 Å². The van der Waals surface area contributed by atoms with Crippen molar-refractivity contribution in [2.45, 2.75) is 37.8 Å². The van der Waals surface area contributed by atoms with Crippen molar-refractivity contribution < 1.29 is 14.3 Å². The summed E-state index contributed by atoms with van der Waals surface area (Å²) < 4.78 is 6.14. The Hall–Kier alpha value is -2.37. The molecule has 1 amide bonds. The summed E-state index contributed by atoms with van der Waals surface area (Å²) >= 11 is 12.2. The number of aromatic nitrogens is 1. The first-order valence-corrected chi connectivity index (χ1v) is 10.5. The summed E-state index contributed by atoms with van der Waals surface area (Å²) in [6.45, 7) is 0. The van der Waals surface area contributed by atoms with Crippen LogP contribution in [0.1, 0.15) is 37.3 Å². The molecule has 1 fully saturated rings. The summed E-state index contributed by atoms with van der Waals surface area (Å²) in [5, 5.41) is 1.00. The Bertz CT molecular complexity index is 1030. The summed E-state index contributed by atoms with van der Waals surface area (Å²) in [7, 11) is 0. The number of ether oxygens (including phenoxy) is 1. The number of nitrogens with zero attached hydrogens (tertiary/aromatic N) is 2. The number of ketones is 1. The van der Waals surface area contributed by atoms with Crippen molar-refractivity contribution in [2.24, 2.45) is 5.92 Å². The molecule has 1 aliphatic carbocycles. The first-order chi connectivity index (χ1) is 14.0. The van der Waals surface area contributed by atoms with E-state index >= 15 is 0 Å². The molecule has 3 atom stereocenters. The van der Waals surface area contributed by atoms with E-state index in [1.165, 1.54) is 11.1 Å². The summed E-state index contributed by atoms with van der Waals surface area (Å²) in [4.78, 5) is 32.7. The highest BCUT2D eigenvalue weighted by Crippen LogP contribution is 2.48. The minimum Gasteiger partial charge on any atom is -0.483 e. The largest absolute Gasteiger partial charge is 0.483 e. The lowest BCUT2D eigenvalue weighted by Crippen LogP contribution is -2.39. The third-order valence-electron chi connectivity index (χ3n) is 5.89. The van der Waals surface area contributed by atoms with E-state index in [0.717, 1.165) is 31.2 Å². The second-order valence-electron chi connectivity index (χ2n) is 7.62. The number of carbonyl (C=O) groups excluding carboxylic acids is 2. The number of rotatable bonds is 2. The van der Waals surface area contributed by atoms with Crippen LogP contribution < -0.4 is 4.90 Å². The molecular weight excluding hydrogens is 411 g/mol. The molecule has 0 spiro atoms. The van der Waals surface area contributed by atoms with Crippen molar-refractivity contribution in [2.75, 3.05) is 4.90 Å². The van der Waals surface area contributed by atoms with Gasteiger partial charge in [0, 0.05) is 11.2 Å². The molecule has 3 unspecified atom stereocenters. The third-order valence-corrected chi connectivity index (χ3v) is 6.34. The molecule has 7 heteroatoms. The fourth-order valence-corrected chi connectivity index (χ4v) is 4.89. The number of hydrogen-bond acceptors (Lipinski definition) is 4. The Labute approximate surface area is 178 Å². The quantitative estimate of drug-likeness (QED) is 0.682. The fraction of sp³-hybridized carbons (Fsp3) is 0.318. The number of hydrogen-bond donors (Lipinski definition) is 0. The van der Waals surface area contributed by atoms with Gasteiger partial charge in [-0.1, -0.05) is 41.8 Å². The van der Waals surface area contributed by atoms with Crippen molar-refractivity contribution in [3.8, 4) is 0 Å². The van der Waals surface area contributed by atoms with Crippen LogP contribution in [0, 0.1) is 5.92 Å². The predicted octanol–water partition coefficient (Wildman–Crippen LogP) is 4.89. The molecule has 3 aliphatic rings. The minimum absolute atomic E-state index is 0.00531. The van der Waals surface area contributed by atoms with Gasteiger partial charge >= 0.3 is 0 Å². The number of amides is 1. The summed E-state index contributed by atoms with van der Waals surface area (Å²) in [6.07, 6.45) is 4.84. The highest BCUT2D eigenvalue weighted by atomic mass is 35.5. The van der Waals surface area contributed by atoms with Gasteiger partial charge in [-0.2, -0.15) is 0 Å². The Morgan fingerprint density at radius 3 is 2.62 bits per heavy atom. The van der Waals surface area contributed by atoms with Gasteiger partial charge in [-0.05, 0) is 49.1 Å². The SMILES string of the molecule is O=C1C2=C(OC3CCCCC13)C(=O)N(c1ccc(Cl)cn1)C2c1cccc(Cl)c1. The molecule has 0 bridgehead atoms. The maximum Gasteiger partial charge on any atom is 0.295 e. The molecule has 5 rings (SSSR count). The number of halogens is 2. The Morgan fingerprint density at radius 2 is 1.86 bits per heavy atom. The molecule has 29 heavy (non-hydrogen) atoms. The van der Waals surface area contributed by atoms with E-state index in [-0.39, 0.29) is 29.5 Å². The molecule has 0 saturated heterocycles. The van der Waals surface area contributed by atoms with Gasteiger partial charge in [0.1, 0.15) is 11.9 Å². The summed E-state index contributed by atoms with van der Waals surface area (Å²) in [6, 6.07) is 9.94. The standard InChI is InChI=1S/C22H18Cl2N2O3/c23-13-5-3-4-12(10-13)19-18-20(27)15-6-1-2-7-16(15)29-21(18)22(28)26(19)17-9-8-14(24)11-25-17/h3-5,8-11,15-16,19H,1-2,6-7H2. The van der Waals surface area contributed by atoms with Crippen molar-refractivity contribution in [3.63, 3.8) is 0 Å². The Kier molecular flexibility index (Phi) is 4.60. The van der Waals surface area contributed by atoms with Gasteiger partial charge in [-0.15, -0.1) is 0 Å². The van der Waals surface area contributed by atoms with E-state index in [2.05, 4.69) is 4.98 Å². The van der Waals surface area contributed by atoms with Crippen LogP contribution in [0.15, 0.2) is 53.9 Å². The second kappa shape index (κ2) is 7.15. The molecule has 5 nitrogen and oxygen atoms in total. The predicted molar refractivity (Wildman–Crippen MR) is 110 cm³/mol. The van der Waals surface area contributed by atoms with Crippen molar-refractivity contribution in [1.82, 2.24) is 4.98 Å².